The molecule has 0 bridgehead atoms. The smallest absolute Gasteiger partial charge is 0.263 e. The fraction of sp³-hybridized carbons (Fsp3) is 0.304. The van der Waals surface area contributed by atoms with Crippen LogP contribution in [-0.2, 0) is 17.8 Å². The van der Waals surface area contributed by atoms with E-state index in [0.717, 1.165) is 18.5 Å². The highest BCUT2D eigenvalue weighted by atomic mass is 16.5. The summed E-state index contributed by atoms with van der Waals surface area (Å²) in [5, 5.41) is 12.4. The van der Waals surface area contributed by atoms with E-state index in [0.29, 0.717) is 18.0 Å². The second-order valence-corrected chi connectivity index (χ2v) is 6.95. The van der Waals surface area contributed by atoms with Gasteiger partial charge in [-0.3, -0.25) is 4.79 Å². The molecular formula is C23H25N3O3. The summed E-state index contributed by atoms with van der Waals surface area (Å²) in [6, 6.07) is 15.5. The summed E-state index contributed by atoms with van der Waals surface area (Å²) in [5.41, 5.74) is 3.51. The molecule has 29 heavy (non-hydrogen) atoms. The highest BCUT2D eigenvalue weighted by molar-refractivity contribution is 5.97. The molecule has 1 heterocycles. The van der Waals surface area contributed by atoms with Crippen molar-refractivity contribution in [1.82, 2.24) is 10.2 Å². The molecule has 0 fully saturated rings. The first-order valence-electron chi connectivity index (χ1n) is 9.51. The number of methoxy groups -OCH3 is 2. The minimum Gasteiger partial charge on any atom is -0.493 e. The molecule has 6 nitrogen and oxygen atoms in total. The van der Waals surface area contributed by atoms with Crippen molar-refractivity contribution in [3.8, 4) is 17.6 Å². The van der Waals surface area contributed by atoms with Crippen molar-refractivity contribution in [3.05, 3.63) is 70.9 Å². The van der Waals surface area contributed by atoms with Gasteiger partial charge in [0.25, 0.3) is 5.91 Å². The Morgan fingerprint density at radius 3 is 2.59 bits per heavy atom. The second kappa shape index (κ2) is 9.16. The molecule has 0 aromatic heterocycles. The maximum Gasteiger partial charge on any atom is 0.263 e. The van der Waals surface area contributed by atoms with E-state index in [1.54, 1.807) is 26.5 Å². The molecular weight excluding hydrogens is 366 g/mol. The highest BCUT2D eigenvalue weighted by Gasteiger charge is 2.19. The van der Waals surface area contributed by atoms with Crippen LogP contribution in [0.1, 0.15) is 29.7 Å². The first kappa shape index (κ1) is 20.3. The molecule has 1 amide bonds. The number of carbonyl (C=O) groups excluding carboxylic acids is 1. The number of hydrogen-bond acceptors (Lipinski definition) is 5. The van der Waals surface area contributed by atoms with Gasteiger partial charge in [0.05, 0.1) is 20.3 Å². The first-order chi connectivity index (χ1) is 14.0. The third-order valence-electron chi connectivity index (χ3n) is 5.09. The molecule has 1 aliphatic rings. The van der Waals surface area contributed by atoms with Gasteiger partial charge in [-0.1, -0.05) is 30.3 Å². The van der Waals surface area contributed by atoms with Crippen molar-refractivity contribution >= 4 is 5.91 Å². The summed E-state index contributed by atoms with van der Waals surface area (Å²) in [4.78, 5) is 14.7. The third-order valence-corrected chi connectivity index (χ3v) is 5.09. The standard InChI is InChI=1S/C23H25N3O3/c1-16(18-8-9-21(28-2)22(12-18)29-3)25-23(27)20(13-24)15-26-11-10-17-6-4-5-7-19(17)14-26/h4-9,12,15-16H,10-11,14H2,1-3H3,(H,25,27)/b20-15-. The quantitative estimate of drug-likeness (QED) is 0.604. The fourth-order valence-electron chi connectivity index (χ4n) is 3.43. The van der Waals surface area contributed by atoms with E-state index in [4.69, 9.17) is 9.47 Å². The highest BCUT2D eigenvalue weighted by Crippen LogP contribution is 2.30. The van der Waals surface area contributed by atoms with Gasteiger partial charge in [0.1, 0.15) is 11.6 Å². The van der Waals surface area contributed by atoms with Crippen LogP contribution in [0, 0.1) is 11.3 Å². The predicted octanol–water partition coefficient (Wildman–Crippen LogP) is 3.35. The lowest BCUT2D eigenvalue weighted by molar-refractivity contribution is -0.117. The molecule has 3 rings (SSSR count). The van der Waals surface area contributed by atoms with Crippen LogP contribution in [0.25, 0.3) is 0 Å². The number of nitrogens with one attached hydrogen (secondary N) is 1. The Morgan fingerprint density at radius 2 is 1.90 bits per heavy atom. The maximum atomic E-state index is 12.7. The number of carbonyl (C=O) groups is 1. The number of hydrogen-bond donors (Lipinski definition) is 1. The zero-order valence-electron chi connectivity index (χ0n) is 16.9. The normalized spacial score (nSPS) is 14.4. The van der Waals surface area contributed by atoms with Gasteiger partial charge in [-0.05, 0) is 42.2 Å². The predicted molar refractivity (Wildman–Crippen MR) is 110 cm³/mol. The number of ether oxygens (including phenoxy) is 2. The van der Waals surface area contributed by atoms with Crippen molar-refractivity contribution < 1.29 is 14.3 Å². The number of nitriles is 1. The Balaban J connectivity index is 1.70. The number of nitrogens with zero attached hydrogens (tertiary/aromatic N) is 2. The maximum absolute atomic E-state index is 12.7. The molecule has 6 heteroatoms. The average molecular weight is 391 g/mol. The summed E-state index contributed by atoms with van der Waals surface area (Å²) >= 11 is 0. The fourth-order valence-corrected chi connectivity index (χ4v) is 3.43. The van der Waals surface area contributed by atoms with E-state index in [1.807, 2.05) is 42.2 Å². The summed E-state index contributed by atoms with van der Waals surface area (Å²) in [6.07, 6.45) is 2.56. The van der Waals surface area contributed by atoms with Crippen molar-refractivity contribution in [3.63, 3.8) is 0 Å². The van der Waals surface area contributed by atoms with Crippen LogP contribution in [0.2, 0.25) is 0 Å². The molecule has 1 unspecified atom stereocenters. The Kier molecular flexibility index (Phi) is 6.40. The largest absolute Gasteiger partial charge is 0.493 e. The molecule has 1 atom stereocenters. The molecule has 0 radical (unpaired) electrons. The van der Waals surface area contributed by atoms with Crippen LogP contribution in [0.5, 0.6) is 11.5 Å². The minimum absolute atomic E-state index is 0.0942. The molecule has 150 valence electrons. The van der Waals surface area contributed by atoms with E-state index in [1.165, 1.54) is 11.1 Å². The van der Waals surface area contributed by atoms with Gasteiger partial charge < -0.3 is 19.7 Å². The van der Waals surface area contributed by atoms with Gasteiger partial charge in [-0.25, -0.2) is 0 Å². The van der Waals surface area contributed by atoms with E-state index in [2.05, 4.69) is 17.4 Å². The summed E-state index contributed by atoms with van der Waals surface area (Å²) in [7, 11) is 3.14. The van der Waals surface area contributed by atoms with Crippen LogP contribution in [0.4, 0.5) is 0 Å². The summed E-state index contributed by atoms with van der Waals surface area (Å²) in [6.45, 7) is 3.34. The molecule has 0 spiro atoms. The molecule has 1 N–H and O–H groups in total. The topological polar surface area (TPSA) is 74.6 Å². The lowest BCUT2D eigenvalue weighted by atomic mass is 10.00. The van der Waals surface area contributed by atoms with Crippen LogP contribution < -0.4 is 14.8 Å². The van der Waals surface area contributed by atoms with E-state index in [9.17, 15) is 10.1 Å². The molecule has 2 aromatic carbocycles. The molecule has 0 saturated heterocycles. The second-order valence-electron chi connectivity index (χ2n) is 6.95. The summed E-state index contributed by atoms with van der Waals surface area (Å²) in [5.74, 6) is 0.820. The Labute approximate surface area is 171 Å². The number of amides is 1. The van der Waals surface area contributed by atoms with Gasteiger partial charge in [0, 0.05) is 19.3 Å². The molecule has 0 saturated carbocycles. The van der Waals surface area contributed by atoms with E-state index < -0.39 is 5.91 Å². The van der Waals surface area contributed by atoms with Crippen LogP contribution in [0.3, 0.4) is 0 Å². The molecule has 1 aliphatic heterocycles. The van der Waals surface area contributed by atoms with Gasteiger partial charge in [-0.15, -0.1) is 0 Å². The number of rotatable bonds is 6. The zero-order chi connectivity index (χ0) is 20.8. The monoisotopic (exact) mass is 391 g/mol. The Hall–Kier alpha value is -3.46. The lowest BCUT2D eigenvalue weighted by Gasteiger charge is -2.27. The van der Waals surface area contributed by atoms with E-state index >= 15 is 0 Å². The Morgan fingerprint density at radius 1 is 1.17 bits per heavy atom. The van der Waals surface area contributed by atoms with Gasteiger partial charge in [-0.2, -0.15) is 5.26 Å². The van der Waals surface area contributed by atoms with Crippen LogP contribution in [0.15, 0.2) is 54.2 Å². The SMILES string of the molecule is COc1ccc(C(C)NC(=O)/C(C#N)=C\N2CCc3ccccc3C2)cc1OC. The molecule has 0 aliphatic carbocycles. The van der Waals surface area contributed by atoms with Gasteiger partial charge in [0.15, 0.2) is 11.5 Å². The molecule has 2 aromatic rings. The average Bonchev–Trinajstić information content (AvgIpc) is 2.76. The van der Waals surface area contributed by atoms with E-state index in [-0.39, 0.29) is 11.6 Å². The summed E-state index contributed by atoms with van der Waals surface area (Å²) < 4.78 is 10.6. The van der Waals surface area contributed by atoms with Crippen molar-refractivity contribution in [2.24, 2.45) is 0 Å². The van der Waals surface area contributed by atoms with Crippen LogP contribution >= 0.6 is 0 Å². The van der Waals surface area contributed by atoms with Gasteiger partial charge >= 0.3 is 0 Å². The van der Waals surface area contributed by atoms with Crippen molar-refractivity contribution in [2.75, 3.05) is 20.8 Å². The number of benzene rings is 2. The Bertz CT molecular complexity index is 962. The van der Waals surface area contributed by atoms with Crippen molar-refractivity contribution in [2.45, 2.75) is 25.9 Å². The van der Waals surface area contributed by atoms with Crippen LogP contribution in [-0.4, -0.2) is 31.6 Å². The lowest BCUT2D eigenvalue weighted by Crippen LogP contribution is -2.31. The first-order valence-corrected chi connectivity index (χ1v) is 9.51. The minimum atomic E-state index is -0.395. The van der Waals surface area contributed by atoms with Gasteiger partial charge in [0.2, 0.25) is 0 Å². The zero-order valence-corrected chi connectivity index (χ0v) is 16.9. The third kappa shape index (κ3) is 4.69. The number of fused-ring (bicyclic) bond motifs is 1. The van der Waals surface area contributed by atoms with Crippen molar-refractivity contribution in [1.29, 1.82) is 5.26 Å².